The number of nitrogens with zero attached hydrogens (tertiary/aromatic N) is 3. The van der Waals surface area contributed by atoms with Gasteiger partial charge in [0.1, 0.15) is 12.1 Å². The molecule has 0 fully saturated rings. The van der Waals surface area contributed by atoms with Crippen molar-refractivity contribution in [2.75, 3.05) is 12.4 Å². The van der Waals surface area contributed by atoms with Gasteiger partial charge in [-0.25, -0.2) is 0 Å². The maximum Gasteiger partial charge on any atom is 0.258 e. The van der Waals surface area contributed by atoms with Crippen LogP contribution in [0.4, 0.5) is 5.82 Å². The number of anilines is 1. The molecule has 1 aromatic carbocycles. The van der Waals surface area contributed by atoms with E-state index in [1.54, 1.807) is 12.1 Å². The predicted octanol–water partition coefficient (Wildman–Crippen LogP) is 0.606. The summed E-state index contributed by atoms with van der Waals surface area (Å²) in [5, 5.41) is 16.5. The summed E-state index contributed by atoms with van der Waals surface area (Å²) in [5.41, 5.74) is 0.730. The Bertz CT molecular complexity index is 1020. The molecule has 0 unspecified atom stereocenters. The molecule has 1 amide bonds. The molecule has 3 aromatic rings. The van der Waals surface area contributed by atoms with E-state index in [-0.39, 0.29) is 35.2 Å². The predicted molar refractivity (Wildman–Crippen MR) is 83.4 cm³/mol. The van der Waals surface area contributed by atoms with Crippen molar-refractivity contribution < 1.29 is 14.6 Å². The third kappa shape index (κ3) is 2.02. The molecule has 3 N–H and O–H groups in total. The first kappa shape index (κ1) is 14.2. The van der Waals surface area contributed by atoms with Crippen LogP contribution in [0.5, 0.6) is 11.5 Å². The van der Waals surface area contributed by atoms with E-state index in [4.69, 9.17) is 4.74 Å². The van der Waals surface area contributed by atoms with Crippen LogP contribution in [0, 0.1) is 0 Å². The number of fused-ring (bicyclic) bond motifs is 3. The molecule has 0 spiro atoms. The van der Waals surface area contributed by atoms with Crippen molar-refractivity contribution in [2.24, 2.45) is 0 Å². The van der Waals surface area contributed by atoms with Gasteiger partial charge in [0, 0.05) is 12.3 Å². The van der Waals surface area contributed by atoms with Crippen LogP contribution < -0.4 is 15.6 Å². The number of phenols is 1. The maximum absolute atomic E-state index is 12.5. The molecule has 4 rings (SSSR count). The van der Waals surface area contributed by atoms with Gasteiger partial charge < -0.3 is 15.2 Å². The van der Waals surface area contributed by atoms with E-state index >= 15 is 0 Å². The van der Waals surface area contributed by atoms with Crippen molar-refractivity contribution in [1.29, 1.82) is 0 Å². The fourth-order valence-electron chi connectivity index (χ4n) is 2.99. The molecular formula is C15H13N5O4. The molecule has 9 nitrogen and oxygen atoms in total. The number of methoxy groups -OCH3 is 1. The second-order valence-electron chi connectivity index (χ2n) is 5.45. The van der Waals surface area contributed by atoms with E-state index in [1.807, 2.05) is 0 Å². The zero-order chi connectivity index (χ0) is 16.8. The maximum atomic E-state index is 12.5. The number of aromatic hydroxyl groups is 1. The molecule has 1 aliphatic rings. The topological polar surface area (TPSA) is 122 Å². The molecule has 0 saturated heterocycles. The third-order valence-corrected chi connectivity index (χ3v) is 4.09. The van der Waals surface area contributed by atoms with Crippen LogP contribution in [0.3, 0.4) is 0 Å². The van der Waals surface area contributed by atoms with Crippen LogP contribution >= 0.6 is 0 Å². The summed E-state index contributed by atoms with van der Waals surface area (Å²) in [5.74, 6) is 0.103. The highest BCUT2D eigenvalue weighted by molar-refractivity contribution is 5.94. The van der Waals surface area contributed by atoms with E-state index in [1.165, 1.54) is 24.0 Å². The number of carbonyl (C=O) groups is 1. The van der Waals surface area contributed by atoms with E-state index < -0.39 is 5.92 Å². The average molecular weight is 327 g/mol. The number of nitrogens with one attached hydrogen (secondary N) is 2. The number of phenolic OH excluding ortho intramolecular Hbond substituents is 1. The molecular weight excluding hydrogens is 314 g/mol. The lowest BCUT2D eigenvalue weighted by Crippen LogP contribution is -2.32. The van der Waals surface area contributed by atoms with Gasteiger partial charge in [-0.2, -0.15) is 14.6 Å². The summed E-state index contributed by atoms with van der Waals surface area (Å²) in [6, 6.07) is 4.76. The largest absolute Gasteiger partial charge is 0.504 e. The van der Waals surface area contributed by atoms with Crippen LogP contribution in [0.2, 0.25) is 0 Å². The summed E-state index contributed by atoms with van der Waals surface area (Å²) in [4.78, 5) is 31.3. The Morgan fingerprint density at radius 3 is 3.00 bits per heavy atom. The highest BCUT2D eigenvalue weighted by Gasteiger charge is 2.32. The molecule has 0 radical (unpaired) electrons. The van der Waals surface area contributed by atoms with Crippen LogP contribution in [-0.2, 0) is 4.79 Å². The van der Waals surface area contributed by atoms with Crippen molar-refractivity contribution in [2.45, 2.75) is 12.3 Å². The number of carbonyl (C=O) groups excluding carboxylic acids is 1. The van der Waals surface area contributed by atoms with Gasteiger partial charge in [0.25, 0.3) is 5.56 Å². The lowest BCUT2D eigenvalue weighted by Gasteiger charge is -2.25. The monoisotopic (exact) mass is 327 g/mol. The van der Waals surface area contributed by atoms with Crippen LogP contribution in [0.25, 0.3) is 5.78 Å². The number of hydrogen-bond acceptors (Lipinski definition) is 6. The molecule has 1 atom stereocenters. The van der Waals surface area contributed by atoms with E-state index in [2.05, 4.69) is 20.4 Å². The molecule has 24 heavy (non-hydrogen) atoms. The summed E-state index contributed by atoms with van der Waals surface area (Å²) in [6.45, 7) is 0. The summed E-state index contributed by atoms with van der Waals surface area (Å²) >= 11 is 0. The number of benzene rings is 1. The fraction of sp³-hybridized carbons (Fsp3) is 0.200. The van der Waals surface area contributed by atoms with E-state index in [0.717, 1.165) is 0 Å². The van der Waals surface area contributed by atoms with Crippen LogP contribution in [0.1, 0.15) is 23.5 Å². The Kier molecular flexibility index (Phi) is 3.02. The summed E-state index contributed by atoms with van der Waals surface area (Å²) < 4.78 is 6.50. The SMILES string of the molecule is COc1cc([C@@H]2CC(=O)Nc3c2c(=O)[nH]c2ncnn32)ccc1O. The van der Waals surface area contributed by atoms with Gasteiger partial charge in [-0.15, -0.1) is 0 Å². The van der Waals surface area contributed by atoms with Gasteiger partial charge in [-0.1, -0.05) is 6.07 Å². The molecule has 0 aliphatic carbocycles. The summed E-state index contributed by atoms with van der Waals surface area (Å²) in [7, 11) is 1.44. The Hall–Kier alpha value is -3.36. The first-order valence-electron chi connectivity index (χ1n) is 7.21. The highest BCUT2D eigenvalue weighted by Crippen LogP contribution is 2.37. The Labute approximate surface area is 134 Å². The number of rotatable bonds is 2. The first-order chi connectivity index (χ1) is 11.6. The zero-order valence-corrected chi connectivity index (χ0v) is 12.6. The lowest BCUT2D eigenvalue weighted by molar-refractivity contribution is -0.116. The van der Waals surface area contributed by atoms with Crippen molar-refractivity contribution in [3.05, 3.63) is 46.0 Å². The van der Waals surface area contributed by atoms with Gasteiger partial charge in [0.05, 0.1) is 12.7 Å². The Morgan fingerprint density at radius 1 is 1.38 bits per heavy atom. The minimum atomic E-state index is -0.486. The number of ether oxygens (including phenoxy) is 1. The molecule has 2 aromatic heterocycles. The second kappa shape index (κ2) is 5.08. The normalized spacial score (nSPS) is 16.7. The van der Waals surface area contributed by atoms with Gasteiger partial charge >= 0.3 is 0 Å². The molecule has 1 aliphatic heterocycles. The standard InChI is InChI=1S/C15H13N5O4/c1-24-10-4-7(2-3-9(10)21)8-5-11(22)18-13-12(8)14(23)19-15-16-6-17-20(13)15/h2-4,6,8,21H,5H2,1H3,(H,18,22)(H,16,17,19,23)/t8-/m0/s1. The molecule has 9 heteroatoms. The Balaban J connectivity index is 1.96. The number of H-pyrrole nitrogens is 1. The van der Waals surface area contributed by atoms with Crippen molar-refractivity contribution in [3.8, 4) is 11.5 Å². The molecule has 0 saturated carbocycles. The Morgan fingerprint density at radius 2 is 2.21 bits per heavy atom. The van der Waals surface area contributed by atoms with Gasteiger partial charge in [-0.05, 0) is 17.7 Å². The van der Waals surface area contributed by atoms with Gasteiger partial charge in [0.2, 0.25) is 11.7 Å². The highest BCUT2D eigenvalue weighted by atomic mass is 16.5. The van der Waals surface area contributed by atoms with Crippen molar-refractivity contribution in [3.63, 3.8) is 0 Å². The zero-order valence-electron chi connectivity index (χ0n) is 12.6. The summed E-state index contributed by atoms with van der Waals surface area (Å²) in [6.07, 6.45) is 1.40. The molecule has 3 heterocycles. The number of aromatic nitrogens is 4. The molecule has 0 bridgehead atoms. The van der Waals surface area contributed by atoms with Crippen LogP contribution in [-0.4, -0.2) is 37.7 Å². The quantitative estimate of drug-likeness (QED) is 0.634. The number of aromatic amines is 1. The van der Waals surface area contributed by atoms with E-state index in [0.29, 0.717) is 16.9 Å². The fourth-order valence-corrected chi connectivity index (χ4v) is 2.99. The first-order valence-corrected chi connectivity index (χ1v) is 7.21. The third-order valence-electron chi connectivity index (χ3n) is 4.09. The average Bonchev–Trinajstić information content (AvgIpc) is 3.03. The van der Waals surface area contributed by atoms with Gasteiger partial charge in [0.15, 0.2) is 11.5 Å². The second-order valence-corrected chi connectivity index (χ2v) is 5.45. The van der Waals surface area contributed by atoms with E-state index in [9.17, 15) is 14.7 Å². The van der Waals surface area contributed by atoms with Crippen LogP contribution in [0.15, 0.2) is 29.3 Å². The minimum absolute atomic E-state index is 0.0117. The smallest absolute Gasteiger partial charge is 0.258 e. The molecule has 122 valence electrons. The van der Waals surface area contributed by atoms with Crippen molar-refractivity contribution in [1.82, 2.24) is 19.6 Å². The number of amides is 1. The van der Waals surface area contributed by atoms with Crippen molar-refractivity contribution >= 4 is 17.5 Å². The van der Waals surface area contributed by atoms with Gasteiger partial charge in [-0.3, -0.25) is 14.6 Å². The number of hydrogen-bond donors (Lipinski definition) is 3. The lowest BCUT2D eigenvalue weighted by atomic mass is 9.86. The minimum Gasteiger partial charge on any atom is -0.504 e.